The molecule has 1 rings (SSSR count). The van der Waals surface area contributed by atoms with Gasteiger partial charge in [-0.3, -0.25) is 0 Å². The zero-order chi connectivity index (χ0) is 11.6. The molecule has 0 fully saturated rings. The Hall–Kier alpha value is -0.650. The first-order valence-electron chi connectivity index (χ1n) is 4.35. The molecule has 0 spiro atoms. The molecule has 3 N–H and O–H groups in total. The van der Waals surface area contributed by atoms with Crippen molar-refractivity contribution in [2.45, 2.75) is 12.5 Å². The molecule has 1 aromatic rings. The minimum Gasteiger partial charge on any atom is -0.496 e. The summed E-state index contributed by atoms with van der Waals surface area (Å²) >= 11 is 3.15. The highest BCUT2D eigenvalue weighted by Gasteiger charge is 2.28. The van der Waals surface area contributed by atoms with Crippen LogP contribution in [0, 0.1) is 5.82 Å². The number of aliphatic hydroxyl groups is 1. The van der Waals surface area contributed by atoms with E-state index < -0.39 is 11.4 Å². The van der Waals surface area contributed by atoms with E-state index in [4.69, 9.17) is 15.6 Å². The highest BCUT2D eigenvalue weighted by atomic mass is 79.9. The molecule has 1 unspecified atom stereocenters. The first-order chi connectivity index (χ1) is 6.92. The minimum atomic E-state index is -1.16. The van der Waals surface area contributed by atoms with E-state index in [2.05, 4.69) is 15.9 Å². The van der Waals surface area contributed by atoms with Gasteiger partial charge in [-0.15, -0.1) is 0 Å². The van der Waals surface area contributed by atoms with Crippen LogP contribution in [0.1, 0.15) is 12.5 Å². The van der Waals surface area contributed by atoms with Gasteiger partial charge in [-0.2, -0.15) is 0 Å². The Labute approximate surface area is 96.2 Å². The molecule has 15 heavy (non-hydrogen) atoms. The second-order valence-electron chi connectivity index (χ2n) is 3.54. The van der Waals surface area contributed by atoms with Crippen molar-refractivity contribution in [3.63, 3.8) is 0 Å². The Bertz CT molecular complexity index is 369. The molecule has 0 heterocycles. The van der Waals surface area contributed by atoms with Gasteiger partial charge in [-0.1, -0.05) is 15.9 Å². The summed E-state index contributed by atoms with van der Waals surface area (Å²) < 4.78 is 19.3. The highest BCUT2D eigenvalue weighted by Crippen LogP contribution is 2.33. The molecule has 1 aromatic carbocycles. The van der Waals surface area contributed by atoms with Crippen molar-refractivity contribution in [1.29, 1.82) is 0 Å². The topological polar surface area (TPSA) is 55.5 Å². The number of ether oxygens (including phenoxy) is 1. The molecule has 3 nitrogen and oxygen atoms in total. The van der Waals surface area contributed by atoms with Gasteiger partial charge in [0.15, 0.2) is 0 Å². The molecule has 0 bridgehead atoms. The van der Waals surface area contributed by atoms with Crippen LogP contribution in [0.15, 0.2) is 16.6 Å². The van der Waals surface area contributed by atoms with E-state index in [0.29, 0.717) is 10.2 Å². The summed E-state index contributed by atoms with van der Waals surface area (Å²) in [4.78, 5) is 0. The average Bonchev–Trinajstić information content (AvgIpc) is 2.15. The van der Waals surface area contributed by atoms with Crippen molar-refractivity contribution in [3.8, 4) is 5.75 Å². The monoisotopic (exact) mass is 277 g/mol. The summed E-state index contributed by atoms with van der Waals surface area (Å²) in [6, 6.07) is 2.90. The van der Waals surface area contributed by atoms with E-state index in [1.54, 1.807) is 13.0 Å². The summed E-state index contributed by atoms with van der Waals surface area (Å²) in [6.45, 7) is 1.18. The molecule has 0 saturated heterocycles. The van der Waals surface area contributed by atoms with Crippen molar-refractivity contribution in [1.82, 2.24) is 0 Å². The Morgan fingerprint density at radius 2 is 2.20 bits per heavy atom. The number of aliphatic hydroxyl groups excluding tert-OH is 1. The van der Waals surface area contributed by atoms with Crippen LogP contribution in [-0.2, 0) is 5.54 Å². The smallest absolute Gasteiger partial charge is 0.133 e. The number of hydrogen-bond acceptors (Lipinski definition) is 3. The van der Waals surface area contributed by atoms with Crippen molar-refractivity contribution in [2.75, 3.05) is 13.7 Å². The Morgan fingerprint density at radius 1 is 1.60 bits per heavy atom. The van der Waals surface area contributed by atoms with Gasteiger partial charge < -0.3 is 15.6 Å². The highest BCUT2D eigenvalue weighted by molar-refractivity contribution is 9.10. The van der Waals surface area contributed by atoms with Crippen molar-refractivity contribution >= 4 is 15.9 Å². The summed E-state index contributed by atoms with van der Waals surface area (Å²) in [6.07, 6.45) is 0. The lowest BCUT2D eigenvalue weighted by molar-refractivity contribution is 0.202. The van der Waals surface area contributed by atoms with Gasteiger partial charge in [-0.05, 0) is 19.1 Å². The molecule has 0 amide bonds. The first kappa shape index (κ1) is 12.4. The van der Waals surface area contributed by atoms with Crippen LogP contribution in [0.2, 0.25) is 0 Å². The van der Waals surface area contributed by atoms with Gasteiger partial charge in [0, 0.05) is 4.47 Å². The fourth-order valence-electron chi connectivity index (χ4n) is 1.34. The molecule has 0 aliphatic heterocycles. The predicted octanol–water partition coefficient (Wildman–Crippen LogP) is 1.76. The van der Waals surface area contributed by atoms with Crippen LogP contribution in [0.25, 0.3) is 0 Å². The van der Waals surface area contributed by atoms with Gasteiger partial charge in [-0.25, -0.2) is 4.39 Å². The number of halogens is 2. The average molecular weight is 278 g/mol. The van der Waals surface area contributed by atoms with Crippen LogP contribution in [0.5, 0.6) is 5.75 Å². The van der Waals surface area contributed by atoms with Crippen LogP contribution in [0.3, 0.4) is 0 Å². The molecule has 84 valence electrons. The summed E-state index contributed by atoms with van der Waals surface area (Å²) in [5.41, 5.74) is 4.80. The van der Waals surface area contributed by atoms with Gasteiger partial charge in [0.1, 0.15) is 11.6 Å². The fourth-order valence-corrected chi connectivity index (χ4v) is 1.75. The lowest BCUT2D eigenvalue weighted by atomic mass is 9.93. The maximum atomic E-state index is 13.7. The number of benzene rings is 1. The molecule has 0 radical (unpaired) electrons. The Balaban J connectivity index is 3.39. The van der Waals surface area contributed by atoms with Crippen molar-refractivity contribution < 1.29 is 14.2 Å². The zero-order valence-electron chi connectivity index (χ0n) is 8.55. The largest absolute Gasteiger partial charge is 0.496 e. The lowest BCUT2D eigenvalue weighted by Gasteiger charge is -2.25. The molecule has 0 aromatic heterocycles. The zero-order valence-corrected chi connectivity index (χ0v) is 10.1. The minimum absolute atomic E-state index is 0.177. The number of methoxy groups -OCH3 is 1. The van der Waals surface area contributed by atoms with E-state index in [1.807, 2.05) is 0 Å². The van der Waals surface area contributed by atoms with Gasteiger partial charge in [0.05, 0.1) is 24.8 Å². The third kappa shape index (κ3) is 2.48. The van der Waals surface area contributed by atoms with E-state index in [0.717, 1.165) is 0 Å². The number of rotatable bonds is 3. The van der Waals surface area contributed by atoms with Crippen LogP contribution < -0.4 is 10.5 Å². The number of nitrogens with two attached hydrogens (primary N) is 1. The number of hydrogen-bond donors (Lipinski definition) is 2. The molecule has 1 atom stereocenters. The maximum absolute atomic E-state index is 13.7. The molecule has 5 heteroatoms. The normalized spacial score (nSPS) is 14.8. The Morgan fingerprint density at radius 3 is 2.67 bits per heavy atom. The van der Waals surface area contributed by atoms with E-state index in [-0.39, 0.29) is 12.2 Å². The molecule has 0 aliphatic carbocycles. The summed E-state index contributed by atoms with van der Waals surface area (Å²) in [5.74, 6) is -0.179. The van der Waals surface area contributed by atoms with Gasteiger partial charge >= 0.3 is 0 Å². The first-order valence-corrected chi connectivity index (χ1v) is 5.15. The van der Waals surface area contributed by atoms with Gasteiger partial charge in [0.25, 0.3) is 0 Å². The van der Waals surface area contributed by atoms with Crippen molar-refractivity contribution in [3.05, 3.63) is 28.0 Å². The molecule has 0 saturated carbocycles. The van der Waals surface area contributed by atoms with E-state index in [1.165, 1.54) is 13.2 Å². The molecular formula is C10H13BrFNO2. The van der Waals surface area contributed by atoms with Crippen LogP contribution in [0.4, 0.5) is 4.39 Å². The van der Waals surface area contributed by atoms with Crippen LogP contribution >= 0.6 is 15.9 Å². The standard InChI is InChI=1S/C10H13BrFNO2/c1-10(13,5-14)9-7(12)3-6(11)4-8(9)15-2/h3-4,14H,5,13H2,1-2H3. The van der Waals surface area contributed by atoms with E-state index >= 15 is 0 Å². The third-order valence-electron chi connectivity index (χ3n) is 2.14. The predicted molar refractivity (Wildman–Crippen MR) is 59.3 cm³/mol. The van der Waals surface area contributed by atoms with Crippen molar-refractivity contribution in [2.24, 2.45) is 5.73 Å². The second kappa shape index (κ2) is 4.47. The summed E-state index contributed by atoms with van der Waals surface area (Å²) in [5, 5.41) is 9.10. The Kier molecular flexibility index (Phi) is 3.70. The SMILES string of the molecule is COc1cc(Br)cc(F)c1C(C)(N)CO. The van der Waals surface area contributed by atoms with Gasteiger partial charge in [0.2, 0.25) is 0 Å². The lowest BCUT2D eigenvalue weighted by Crippen LogP contribution is -2.38. The molecule has 0 aliphatic rings. The third-order valence-corrected chi connectivity index (χ3v) is 2.60. The maximum Gasteiger partial charge on any atom is 0.133 e. The fraction of sp³-hybridized carbons (Fsp3) is 0.400. The summed E-state index contributed by atoms with van der Waals surface area (Å²) in [7, 11) is 1.43. The van der Waals surface area contributed by atoms with Crippen LogP contribution in [-0.4, -0.2) is 18.8 Å². The molecular weight excluding hydrogens is 265 g/mol. The van der Waals surface area contributed by atoms with E-state index in [9.17, 15) is 4.39 Å². The second-order valence-corrected chi connectivity index (χ2v) is 4.46. The quantitative estimate of drug-likeness (QED) is 0.885.